The number of amides is 2. The Kier molecular flexibility index (Phi) is 7.15. The van der Waals surface area contributed by atoms with Gasteiger partial charge in [0.05, 0.1) is 13.2 Å². The Bertz CT molecular complexity index is 638. The van der Waals surface area contributed by atoms with Crippen molar-refractivity contribution in [3.05, 3.63) is 29.8 Å². The molecule has 6 nitrogen and oxygen atoms in total. The van der Waals surface area contributed by atoms with Crippen LogP contribution in [0.15, 0.2) is 24.3 Å². The van der Waals surface area contributed by atoms with E-state index in [0.29, 0.717) is 12.2 Å². The van der Waals surface area contributed by atoms with Gasteiger partial charge < -0.3 is 15.4 Å². The van der Waals surface area contributed by atoms with E-state index >= 15 is 0 Å². The predicted octanol–water partition coefficient (Wildman–Crippen LogP) is 1.90. The summed E-state index contributed by atoms with van der Waals surface area (Å²) >= 11 is 1.96. The lowest BCUT2D eigenvalue weighted by molar-refractivity contribution is -0.136. The van der Waals surface area contributed by atoms with Crippen LogP contribution in [0, 0.1) is 0 Å². The van der Waals surface area contributed by atoms with Gasteiger partial charge >= 0.3 is 11.8 Å². The fourth-order valence-electron chi connectivity index (χ4n) is 3.73. The molecule has 148 valence electrons. The number of hydrogen-bond acceptors (Lipinski definition) is 5. The zero-order chi connectivity index (χ0) is 19.1. The molecule has 0 unspecified atom stereocenters. The highest BCUT2D eigenvalue weighted by Crippen LogP contribution is 2.32. The van der Waals surface area contributed by atoms with Crippen molar-refractivity contribution in [3.8, 4) is 0 Å². The van der Waals surface area contributed by atoms with Crippen molar-refractivity contribution in [2.45, 2.75) is 31.7 Å². The van der Waals surface area contributed by atoms with Crippen molar-refractivity contribution < 1.29 is 14.3 Å². The lowest BCUT2D eigenvalue weighted by Crippen LogP contribution is -2.61. The van der Waals surface area contributed by atoms with E-state index < -0.39 is 11.8 Å². The Labute approximate surface area is 165 Å². The van der Waals surface area contributed by atoms with Gasteiger partial charge in [0.15, 0.2) is 0 Å². The van der Waals surface area contributed by atoms with Gasteiger partial charge in [0, 0.05) is 30.9 Å². The topological polar surface area (TPSA) is 70.7 Å². The van der Waals surface area contributed by atoms with Crippen molar-refractivity contribution >= 4 is 29.3 Å². The summed E-state index contributed by atoms with van der Waals surface area (Å²) in [5, 5.41) is 5.57. The molecule has 3 rings (SSSR count). The summed E-state index contributed by atoms with van der Waals surface area (Å²) < 4.78 is 5.48. The normalized spacial score (nSPS) is 20.0. The van der Waals surface area contributed by atoms with Crippen LogP contribution >= 0.6 is 11.8 Å². The molecule has 27 heavy (non-hydrogen) atoms. The van der Waals surface area contributed by atoms with Crippen molar-refractivity contribution in [3.63, 3.8) is 0 Å². The number of anilines is 1. The number of aryl methyl sites for hydroxylation is 1. The van der Waals surface area contributed by atoms with E-state index in [1.54, 1.807) is 0 Å². The quantitative estimate of drug-likeness (QED) is 0.751. The second-order valence-electron chi connectivity index (χ2n) is 7.12. The fraction of sp³-hybridized carbons (Fsp3) is 0.600. The Morgan fingerprint density at radius 1 is 1.11 bits per heavy atom. The van der Waals surface area contributed by atoms with Gasteiger partial charge in [-0.2, -0.15) is 11.8 Å². The Balaban J connectivity index is 1.57. The zero-order valence-electron chi connectivity index (χ0n) is 16.0. The molecule has 0 aromatic heterocycles. The second-order valence-corrected chi connectivity index (χ2v) is 8.35. The van der Waals surface area contributed by atoms with Crippen molar-refractivity contribution in [2.75, 3.05) is 49.7 Å². The summed E-state index contributed by atoms with van der Waals surface area (Å²) in [6, 6.07) is 7.58. The average molecular weight is 392 g/mol. The first kappa shape index (κ1) is 20.2. The van der Waals surface area contributed by atoms with Crippen LogP contribution in [0.5, 0.6) is 0 Å². The van der Waals surface area contributed by atoms with Gasteiger partial charge in [0.2, 0.25) is 0 Å². The standard InChI is InChI=1S/C20H29N3O3S/c1-2-16-3-5-17(6-4-16)22-19(25)18(24)21-15-20(7-13-27-14-8-20)23-9-11-26-12-10-23/h3-6H,2,7-15H2,1H3,(H,21,24)(H,22,25). The molecule has 0 bridgehead atoms. The van der Waals surface area contributed by atoms with E-state index in [-0.39, 0.29) is 5.54 Å². The van der Waals surface area contributed by atoms with Crippen LogP contribution in [0.1, 0.15) is 25.3 Å². The molecule has 1 aromatic rings. The van der Waals surface area contributed by atoms with Crippen molar-refractivity contribution in [1.29, 1.82) is 0 Å². The van der Waals surface area contributed by atoms with Crippen LogP contribution in [0.3, 0.4) is 0 Å². The molecule has 2 aliphatic rings. The van der Waals surface area contributed by atoms with E-state index in [9.17, 15) is 9.59 Å². The first-order valence-electron chi connectivity index (χ1n) is 9.72. The SMILES string of the molecule is CCc1ccc(NC(=O)C(=O)NCC2(N3CCOCC3)CCSCC2)cc1. The Morgan fingerprint density at radius 2 is 1.78 bits per heavy atom. The van der Waals surface area contributed by atoms with Gasteiger partial charge in [-0.05, 0) is 48.5 Å². The van der Waals surface area contributed by atoms with Gasteiger partial charge in [-0.3, -0.25) is 14.5 Å². The lowest BCUT2D eigenvalue weighted by atomic mass is 9.89. The van der Waals surface area contributed by atoms with Crippen LogP contribution in [0.25, 0.3) is 0 Å². The molecule has 2 heterocycles. The zero-order valence-corrected chi connectivity index (χ0v) is 16.8. The summed E-state index contributed by atoms with van der Waals surface area (Å²) in [5.74, 6) is 0.994. The molecule has 0 radical (unpaired) electrons. The van der Waals surface area contributed by atoms with E-state index in [4.69, 9.17) is 4.74 Å². The molecule has 7 heteroatoms. The van der Waals surface area contributed by atoms with Crippen molar-refractivity contribution in [1.82, 2.24) is 10.2 Å². The summed E-state index contributed by atoms with van der Waals surface area (Å²) in [5.41, 5.74) is 1.78. The lowest BCUT2D eigenvalue weighted by Gasteiger charge is -2.47. The third kappa shape index (κ3) is 5.24. The second kappa shape index (κ2) is 9.57. The number of rotatable bonds is 5. The molecule has 1 aromatic carbocycles. The van der Waals surface area contributed by atoms with E-state index in [1.165, 1.54) is 5.56 Å². The van der Waals surface area contributed by atoms with Crippen LogP contribution in [-0.2, 0) is 20.7 Å². The monoisotopic (exact) mass is 391 g/mol. The highest BCUT2D eigenvalue weighted by molar-refractivity contribution is 7.99. The van der Waals surface area contributed by atoms with E-state index in [1.807, 2.05) is 36.0 Å². The third-order valence-electron chi connectivity index (χ3n) is 5.51. The van der Waals surface area contributed by atoms with Crippen LogP contribution in [0.4, 0.5) is 5.69 Å². The molecule has 2 saturated heterocycles. The molecule has 2 aliphatic heterocycles. The number of carbonyl (C=O) groups excluding carboxylic acids is 2. The van der Waals surface area contributed by atoms with Crippen molar-refractivity contribution in [2.24, 2.45) is 0 Å². The minimum atomic E-state index is -0.610. The highest BCUT2D eigenvalue weighted by Gasteiger charge is 2.39. The number of morpholine rings is 1. The molecule has 2 amide bonds. The number of thioether (sulfide) groups is 1. The maximum absolute atomic E-state index is 12.4. The van der Waals surface area contributed by atoms with Crippen LogP contribution in [0.2, 0.25) is 0 Å². The number of nitrogens with zero attached hydrogens (tertiary/aromatic N) is 1. The highest BCUT2D eigenvalue weighted by atomic mass is 32.2. The molecular formula is C20H29N3O3S. The summed E-state index contributed by atoms with van der Waals surface area (Å²) in [6.45, 7) is 5.82. The van der Waals surface area contributed by atoms with E-state index in [0.717, 1.165) is 57.1 Å². The number of nitrogens with one attached hydrogen (secondary N) is 2. The molecule has 0 spiro atoms. The minimum absolute atomic E-state index is 0.0618. The maximum atomic E-state index is 12.4. The first-order chi connectivity index (χ1) is 13.1. The molecule has 0 saturated carbocycles. The third-order valence-corrected chi connectivity index (χ3v) is 6.50. The Morgan fingerprint density at radius 3 is 2.41 bits per heavy atom. The molecular weight excluding hydrogens is 362 g/mol. The molecule has 2 fully saturated rings. The molecule has 0 atom stereocenters. The summed E-state index contributed by atoms with van der Waals surface area (Å²) in [4.78, 5) is 27.1. The van der Waals surface area contributed by atoms with Gasteiger partial charge in [-0.15, -0.1) is 0 Å². The number of ether oxygens (including phenoxy) is 1. The minimum Gasteiger partial charge on any atom is -0.379 e. The molecule has 2 N–H and O–H groups in total. The number of hydrogen-bond donors (Lipinski definition) is 2. The van der Waals surface area contributed by atoms with E-state index in [2.05, 4.69) is 22.5 Å². The smallest absolute Gasteiger partial charge is 0.313 e. The van der Waals surface area contributed by atoms with Crippen LogP contribution in [-0.4, -0.2) is 66.6 Å². The molecule has 0 aliphatic carbocycles. The van der Waals surface area contributed by atoms with Gasteiger partial charge in [0.25, 0.3) is 0 Å². The maximum Gasteiger partial charge on any atom is 0.313 e. The fourth-order valence-corrected chi connectivity index (χ4v) is 4.98. The largest absolute Gasteiger partial charge is 0.379 e. The number of carbonyl (C=O) groups is 2. The van der Waals surface area contributed by atoms with Crippen LogP contribution < -0.4 is 10.6 Å². The number of benzene rings is 1. The average Bonchev–Trinajstić information content (AvgIpc) is 2.74. The first-order valence-corrected chi connectivity index (χ1v) is 10.9. The summed E-state index contributed by atoms with van der Waals surface area (Å²) in [6.07, 6.45) is 2.99. The van der Waals surface area contributed by atoms with Gasteiger partial charge in [-0.25, -0.2) is 0 Å². The van der Waals surface area contributed by atoms with Gasteiger partial charge in [0.1, 0.15) is 0 Å². The Hall–Kier alpha value is -1.57. The van der Waals surface area contributed by atoms with Gasteiger partial charge in [-0.1, -0.05) is 19.1 Å². The predicted molar refractivity (Wildman–Crippen MR) is 109 cm³/mol. The summed E-state index contributed by atoms with van der Waals surface area (Å²) in [7, 11) is 0.